The molecule has 2 aromatic rings. The summed E-state index contributed by atoms with van der Waals surface area (Å²) in [6.45, 7) is 0. The first-order chi connectivity index (χ1) is 8.69. The van der Waals surface area contributed by atoms with E-state index in [9.17, 15) is 9.59 Å². The molecule has 0 saturated heterocycles. The van der Waals surface area contributed by atoms with Crippen LogP contribution < -0.4 is 10.6 Å². The van der Waals surface area contributed by atoms with Crippen LogP contribution >= 0.6 is 11.3 Å². The Bertz CT molecular complexity index is 627. The highest BCUT2D eigenvalue weighted by atomic mass is 32.1. The number of hydrogen-bond acceptors (Lipinski definition) is 5. The molecule has 3 rings (SSSR count). The molecule has 0 bridgehead atoms. The zero-order valence-corrected chi connectivity index (χ0v) is 10.4. The molecule has 0 aromatic carbocycles. The van der Waals surface area contributed by atoms with Crippen molar-refractivity contribution >= 4 is 38.6 Å². The van der Waals surface area contributed by atoms with Gasteiger partial charge in [-0.3, -0.25) is 14.7 Å². The van der Waals surface area contributed by atoms with Gasteiger partial charge in [0.15, 0.2) is 16.5 Å². The van der Waals surface area contributed by atoms with Crippen LogP contribution in [0.3, 0.4) is 0 Å². The molecular weight excluding hydrogens is 254 g/mol. The van der Waals surface area contributed by atoms with E-state index in [0.29, 0.717) is 21.2 Å². The van der Waals surface area contributed by atoms with Gasteiger partial charge in [0.2, 0.25) is 5.91 Å². The largest absolute Gasteiger partial charge is 0.354 e. The molecule has 0 radical (unpaired) electrons. The third-order valence-electron chi connectivity index (χ3n) is 2.74. The fraction of sp³-hybridized carbons (Fsp3) is 0.400. The van der Waals surface area contributed by atoms with Crippen LogP contribution in [0.25, 0.3) is 10.3 Å². The van der Waals surface area contributed by atoms with Crippen molar-refractivity contribution in [2.45, 2.75) is 12.8 Å². The Morgan fingerprint density at radius 1 is 1.44 bits per heavy atom. The van der Waals surface area contributed by atoms with E-state index < -0.39 is 0 Å². The minimum absolute atomic E-state index is 0.000792. The lowest BCUT2D eigenvalue weighted by Gasteiger charge is -1.97. The van der Waals surface area contributed by atoms with E-state index in [1.807, 2.05) is 0 Å². The van der Waals surface area contributed by atoms with Crippen molar-refractivity contribution < 1.29 is 9.59 Å². The van der Waals surface area contributed by atoms with Gasteiger partial charge in [-0.05, 0) is 12.8 Å². The van der Waals surface area contributed by atoms with Crippen LogP contribution in [0.15, 0.2) is 0 Å². The average Bonchev–Trinajstić information content (AvgIpc) is 3.03. The van der Waals surface area contributed by atoms with Gasteiger partial charge in [0.05, 0.1) is 0 Å². The van der Waals surface area contributed by atoms with E-state index in [-0.39, 0.29) is 17.7 Å². The zero-order valence-electron chi connectivity index (χ0n) is 9.61. The van der Waals surface area contributed by atoms with Gasteiger partial charge >= 0.3 is 0 Å². The Balaban J connectivity index is 1.88. The molecule has 2 amide bonds. The van der Waals surface area contributed by atoms with E-state index in [2.05, 4.69) is 25.8 Å². The normalized spacial score (nSPS) is 14.7. The van der Waals surface area contributed by atoms with Gasteiger partial charge in [-0.2, -0.15) is 5.10 Å². The van der Waals surface area contributed by atoms with Crippen molar-refractivity contribution in [3.63, 3.8) is 0 Å². The first-order valence-electron chi connectivity index (χ1n) is 5.57. The van der Waals surface area contributed by atoms with Crippen molar-refractivity contribution in [3.05, 3.63) is 5.69 Å². The third kappa shape index (κ3) is 1.84. The molecule has 0 spiro atoms. The van der Waals surface area contributed by atoms with Gasteiger partial charge in [0.1, 0.15) is 4.70 Å². The number of rotatable bonds is 3. The van der Waals surface area contributed by atoms with Crippen LogP contribution in [0.5, 0.6) is 0 Å². The standard InChI is InChI=1S/C10H11N5O2S/c1-11-9(17)5-6-7(15-14-5)12-10(18-6)13-8(16)4-2-3-4/h4H,2-3H2,1H3,(H,11,17)(H2,12,13,14,15,16). The molecule has 94 valence electrons. The summed E-state index contributed by atoms with van der Waals surface area (Å²) in [6, 6.07) is 0. The van der Waals surface area contributed by atoms with Gasteiger partial charge in [0.25, 0.3) is 5.91 Å². The Kier molecular flexibility index (Phi) is 2.51. The van der Waals surface area contributed by atoms with E-state index >= 15 is 0 Å². The number of nitrogens with zero attached hydrogens (tertiary/aromatic N) is 2. The number of carbonyl (C=O) groups is 2. The van der Waals surface area contributed by atoms with Gasteiger partial charge < -0.3 is 10.6 Å². The first kappa shape index (κ1) is 11.1. The molecule has 2 heterocycles. The second-order valence-electron chi connectivity index (χ2n) is 4.11. The summed E-state index contributed by atoms with van der Waals surface area (Å²) in [5.41, 5.74) is 0.821. The van der Waals surface area contributed by atoms with Crippen molar-refractivity contribution in [2.75, 3.05) is 12.4 Å². The molecule has 7 nitrogen and oxygen atoms in total. The Hall–Kier alpha value is -1.96. The fourth-order valence-corrected chi connectivity index (χ4v) is 2.50. The Morgan fingerprint density at radius 3 is 2.89 bits per heavy atom. The van der Waals surface area contributed by atoms with Crippen LogP contribution in [0.1, 0.15) is 23.3 Å². The number of amides is 2. The number of thiazole rings is 1. The topological polar surface area (TPSA) is 99.8 Å². The number of anilines is 1. The smallest absolute Gasteiger partial charge is 0.273 e. The lowest BCUT2D eigenvalue weighted by molar-refractivity contribution is -0.117. The van der Waals surface area contributed by atoms with Crippen LogP contribution in [0.2, 0.25) is 0 Å². The van der Waals surface area contributed by atoms with Gasteiger partial charge in [-0.25, -0.2) is 4.98 Å². The average molecular weight is 265 g/mol. The molecule has 0 atom stereocenters. The number of fused-ring (bicyclic) bond motifs is 1. The van der Waals surface area contributed by atoms with E-state index in [4.69, 9.17) is 0 Å². The van der Waals surface area contributed by atoms with Crippen LogP contribution in [0.4, 0.5) is 5.13 Å². The molecule has 3 N–H and O–H groups in total. The lowest BCUT2D eigenvalue weighted by Crippen LogP contribution is -2.18. The first-order valence-corrected chi connectivity index (χ1v) is 6.38. The number of nitrogens with one attached hydrogen (secondary N) is 3. The monoisotopic (exact) mass is 265 g/mol. The third-order valence-corrected chi connectivity index (χ3v) is 3.71. The highest BCUT2D eigenvalue weighted by Gasteiger charge is 2.30. The zero-order chi connectivity index (χ0) is 12.7. The predicted octanol–water partition coefficient (Wildman–Crippen LogP) is 0.727. The molecule has 1 aliphatic rings. The quantitative estimate of drug-likeness (QED) is 0.761. The Morgan fingerprint density at radius 2 is 2.22 bits per heavy atom. The Labute approximate surface area is 106 Å². The SMILES string of the molecule is CNC(=O)c1n[nH]c2nc(NC(=O)C3CC3)sc12. The second-order valence-corrected chi connectivity index (χ2v) is 5.11. The minimum atomic E-state index is -0.273. The van der Waals surface area contributed by atoms with Crippen LogP contribution in [0, 0.1) is 5.92 Å². The van der Waals surface area contributed by atoms with Crippen LogP contribution in [-0.4, -0.2) is 34.0 Å². The molecule has 2 aromatic heterocycles. The van der Waals surface area contributed by atoms with Crippen molar-refractivity contribution in [1.82, 2.24) is 20.5 Å². The number of aromatic nitrogens is 3. The molecule has 8 heteroatoms. The summed E-state index contributed by atoms with van der Waals surface area (Å²) in [7, 11) is 1.54. The number of carbonyl (C=O) groups excluding carboxylic acids is 2. The summed E-state index contributed by atoms with van der Waals surface area (Å²) >= 11 is 1.25. The molecule has 18 heavy (non-hydrogen) atoms. The van der Waals surface area contributed by atoms with E-state index in [1.54, 1.807) is 7.05 Å². The number of aromatic amines is 1. The molecule has 0 unspecified atom stereocenters. The summed E-state index contributed by atoms with van der Waals surface area (Å²) in [5, 5.41) is 12.3. The highest BCUT2D eigenvalue weighted by molar-refractivity contribution is 7.22. The highest BCUT2D eigenvalue weighted by Crippen LogP contribution is 2.32. The maximum atomic E-state index is 11.6. The minimum Gasteiger partial charge on any atom is -0.354 e. The maximum Gasteiger partial charge on any atom is 0.273 e. The van der Waals surface area contributed by atoms with E-state index in [0.717, 1.165) is 12.8 Å². The summed E-state index contributed by atoms with van der Waals surface area (Å²) in [4.78, 5) is 27.3. The van der Waals surface area contributed by atoms with Gasteiger partial charge in [0, 0.05) is 13.0 Å². The maximum absolute atomic E-state index is 11.6. The lowest BCUT2D eigenvalue weighted by atomic mass is 10.4. The second kappa shape index (κ2) is 4.05. The molecule has 1 fully saturated rings. The van der Waals surface area contributed by atoms with Gasteiger partial charge in [-0.15, -0.1) is 0 Å². The van der Waals surface area contributed by atoms with Crippen molar-refractivity contribution in [2.24, 2.45) is 5.92 Å². The number of hydrogen-bond donors (Lipinski definition) is 3. The van der Waals surface area contributed by atoms with Crippen LogP contribution in [-0.2, 0) is 4.79 Å². The summed E-state index contributed by atoms with van der Waals surface area (Å²) in [5.74, 6) is -0.144. The van der Waals surface area contributed by atoms with E-state index in [1.165, 1.54) is 11.3 Å². The molecule has 1 aliphatic carbocycles. The summed E-state index contributed by atoms with van der Waals surface area (Å²) in [6.07, 6.45) is 1.89. The van der Waals surface area contributed by atoms with Crippen molar-refractivity contribution in [1.29, 1.82) is 0 Å². The predicted molar refractivity (Wildman–Crippen MR) is 66.5 cm³/mol. The summed E-state index contributed by atoms with van der Waals surface area (Å²) < 4.78 is 0.653. The molecule has 1 saturated carbocycles. The van der Waals surface area contributed by atoms with Crippen molar-refractivity contribution in [3.8, 4) is 0 Å². The number of H-pyrrole nitrogens is 1. The van der Waals surface area contributed by atoms with Gasteiger partial charge in [-0.1, -0.05) is 11.3 Å². The molecular formula is C10H11N5O2S. The fourth-order valence-electron chi connectivity index (χ4n) is 1.59. The molecule has 0 aliphatic heterocycles.